The first-order chi connectivity index (χ1) is 6.38. The summed E-state index contributed by atoms with van der Waals surface area (Å²) in [5, 5.41) is 0.587. The van der Waals surface area contributed by atoms with E-state index in [0.717, 1.165) is 0 Å². The first kappa shape index (κ1) is 11.3. The monoisotopic (exact) mass is 214 g/mol. The van der Waals surface area contributed by atoms with E-state index in [-0.39, 0.29) is 5.60 Å². The van der Waals surface area contributed by atoms with Gasteiger partial charge >= 0.3 is 0 Å². The summed E-state index contributed by atoms with van der Waals surface area (Å²) in [6.07, 6.45) is 0. The zero-order chi connectivity index (χ0) is 10.8. The van der Waals surface area contributed by atoms with Crippen LogP contribution in [-0.2, 0) is 11.3 Å². The predicted octanol–water partition coefficient (Wildman–Crippen LogP) is 2.63. The summed E-state index contributed by atoms with van der Waals surface area (Å²) in [5.74, 6) is 0.460. The van der Waals surface area contributed by atoms with Crippen molar-refractivity contribution in [3.63, 3.8) is 0 Å². The van der Waals surface area contributed by atoms with Crippen LogP contribution in [0.4, 0.5) is 5.82 Å². The molecule has 4 heteroatoms. The van der Waals surface area contributed by atoms with E-state index in [0.29, 0.717) is 23.1 Å². The van der Waals surface area contributed by atoms with Crippen molar-refractivity contribution in [3.05, 3.63) is 22.8 Å². The third kappa shape index (κ3) is 3.52. The zero-order valence-electron chi connectivity index (χ0n) is 8.67. The van der Waals surface area contributed by atoms with E-state index in [1.807, 2.05) is 20.8 Å². The van der Waals surface area contributed by atoms with Gasteiger partial charge in [-0.3, -0.25) is 0 Å². The van der Waals surface area contributed by atoms with Crippen molar-refractivity contribution < 1.29 is 4.74 Å². The van der Waals surface area contributed by atoms with Crippen molar-refractivity contribution in [2.24, 2.45) is 0 Å². The second-order valence-electron chi connectivity index (χ2n) is 4.07. The Labute approximate surface area is 89.2 Å². The average Bonchev–Trinajstić information content (AvgIpc) is 2.05. The summed E-state index contributed by atoms with van der Waals surface area (Å²) in [5.41, 5.74) is 6.02. The molecule has 0 aromatic carbocycles. The Bertz CT molecular complexity index is 320. The van der Waals surface area contributed by atoms with Gasteiger partial charge in [0.25, 0.3) is 0 Å². The smallest absolute Gasteiger partial charge is 0.123 e. The normalized spacial score (nSPS) is 11.7. The molecule has 0 aliphatic rings. The van der Waals surface area contributed by atoms with Gasteiger partial charge in [0.05, 0.1) is 22.9 Å². The molecule has 78 valence electrons. The lowest BCUT2D eigenvalue weighted by Crippen LogP contribution is -2.19. The van der Waals surface area contributed by atoms with Crippen LogP contribution in [0.1, 0.15) is 26.5 Å². The summed E-state index contributed by atoms with van der Waals surface area (Å²) in [6, 6.07) is 3.40. The minimum Gasteiger partial charge on any atom is -0.384 e. The predicted molar refractivity (Wildman–Crippen MR) is 58.2 cm³/mol. The number of hydrogen-bond donors (Lipinski definition) is 1. The lowest BCUT2D eigenvalue weighted by Gasteiger charge is -2.19. The molecule has 1 aromatic heterocycles. The van der Waals surface area contributed by atoms with Gasteiger partial charge < -0.3 is 10.5 Å². The second-order valence-corrected chi connectivity index (χ2v) is 4.47. The molecule has 14 heavy (non-hydrogen) atoms. The SMILES string of the molecule is CC(C)(C)OCc1nc(N)ccc1Cl. The van der Waals surface area contributed by atoms with E-state index in [2.05, 4.69) is 4.98 Å². The molecule has 0 bridgehead atoms. The van der Waals surface area contributed by atoms with Gasteiger partial charge in [0.2, 0.25) is 0 Å². The Morgan fingerprint density at radius 2 is 2.07 bits per heavy atom. The average molecular weight is 215 g/mol. The quantitative estimate of drug-likeness (QED) is 0.824. The topological polar surface area (TPSA) is 48.1 Å². The summed E-state index contributed by atoms with van der Waals surface area (Å²) < 4.78 is 5.55. The molecule has 0 saturated carbocycles. The van der Waals surface area contributed by atoms with Gasteiger partial charge in [-0.2, -0.15) is 0 Å². The number of rotatable bonds is 2. The van der Waals surface area contributed by atoms with Crippen LogP contribution in [0.3, 0.4) is 0 Å². The summed E-state index contributed by atoms with van der Waals surface area (Å²) in [6.45, 7) is 6.32. The molecule has 0 aliphatic carbocycles. The summed E-state index contributed by atoms with van der Waals surface area (Å²) in [7, 11) is 0. The number of nitrogens with zero attached hydrogens (tertiary/aromatic N) is 1. The van der Waals surface area contributed by atoms with Crippen molar-refractivity contribution in [1.82, 2.24) is 4.98 Å². The number of anilines is 1. The number of nitrogen functional groups attached to an aromatic ring is 1. The van der Waals surface area contributed by atoms with E-state index >= 15 is 0 Å². The van der Waals surface area contributed by atoms with Gasteiger partial charge in [0, 0.05) is 0 Å². The molecule has 0 aliphatic heterocycles. The van der Waals surface area contributed by atoms with Crippen LogP contribution in [-0.4, -0.2) is 10.6 Å². The molecule has 0 unspecified atom stereocenters. The van der Waals surface area contributed by atoms with Gasteiger partial charge in [-0.05, 0) is 32.9 Å². The highest BCUT2D eigenvalue weighted by atomic mass is 35.5. The van der Waals surface area contributed by atoms with E-state index < -0.39 is 0 Å². The molecule has 0 fully saturated rings. The molecule has 3 nitrogen and oxygen atoms in total. The third-order valence-electron chi connectivity index (χ3n) is 1.58. The lowest BCUT2D eigenvalue weighted by molar-refractivity contribution is -0.0163. The second kappa shape index (κ2) is 4.15. The molecule has 2 N–H and O–H groups in total. The Balaban J connectivity index is 2.72. The molecule has 0 radical (unpaired) electrons. The molecule has 1 heterocycles. The van der Waals surface area contributed by atoms with E-state index in [1.54, 1.807) is 12.1 Å². The first-order valence-corrected chi connectivity index (χ1v) is 4.81. The van der Waals surface area contributed by atoms with Crippen LogP contribution in [0, 0.1) is 0 Å². The van der Waals surface area contributed by atoms with Gasteiger partial charge in [-0.15, -0.1) is 0 Å². The van der Waals surface area contributed by atoms with Gasteiger partial charge in [-0.25, -0.2) is 4.98 Å². The van der Waals surface area contributed by atoms with Crippen LogP contribution in [0.5, 0.6) is 0 Å². The van der Waals surface area contributed by atoms with Crippen molar-refractivity contribution in [3.8, 4) is 0 Å². The van der Waals surface area contributed by atoms with Gasteiger partial charge in [0.15, 0.2) is 0 Å². The molecule has 1 aromatic rings. The standard InChI is InChI=1S/C10H15ClN2O/c1-10(2,3)14-6-8-7(11)4-5-9(12)13-8/h4-5H,6H2,1-3H3,(H2,12,13). The van der Waals surface area contributed by atoms with E-state index in [1.165, 1.54) is 0 Å². The van der Waals surface area contributed by atoms with Crippen LogP contribution in [0.25, 0.3) is 0 Å². The number of ether oxygens (including phenoxy) is 1. The Morgan fingerprint density at radius 1 is 1.43 bits per heavy atom. The van der Waals surface area contributed by atoms with Crippen LogP contribution in [0.15, 0.2) is 12.1 Å². The number of halogens is 1. The highest BCUT2D eigenvalue weighted by molar-refractivity contribution is 6.31. The molecular weight excluding hydrogens is 200 g/mol. The fraction of sp³-hybridized carbons (Fsp3) is 0.500. The van der Waals surface area contributed by atoms with Crippen LogP contribution in [0.2, 0.25) is 5.02 Å². The Morgan fingerprint density at radius 3 is 2.64 bits per heavy atom. The maximum atomic E-state index is 5.93. The van der Waals surface area contributed by atoms with E-state index in [4.69, 9.17) is 22.1 Å². The molecule has 0 spiro atoms. The highest BCUT2D eigenvalue weighted by Crippen LogP contribution is 2.18. The largest absolute Gasteiger partial charge is 0.384 e. The maximum absolute atomic E-state index is 5.93. The zero-order valence-corrected chi connectivity index (χ0v) is 9.43. The van der Waals surface area contributed by atoms with Crippen molar-refractivity contribution in [2.75, 3.05) is 5.73 Å². The molecule has 0 saturated heterocycles. The third-order valence-corrected chi connectivity index (χ3v) is 1.93. The number of hydrogen-bond acceptors (Lipinski definition) is 3. The minimum absolute atomic E-state index is 0.199. The summed E-state index contributed by atoms with van der Waals surface area (Å²) in [4.78, 5) is 4.10. The molecular formula is C10H15ClN2O. The van der Waals surface area contributed by atoms with Gasteiger partial charge in [0.1, 0.15) is 5.82 Å². The maximum Gasteiger partial charge on any atom is 0.123 e. The molecule has 1 rings (SSSR count). The fourth-order valence-electron chi connectivity index (χ4n) is 0.887. The van der Waals surface area contributed by atoms with Gasteiger partial charge in [-0.1, -0.05) is 11.6 Å². The Kier molecular flexibility index (Phi) is 3.34. The number of pyridine rings is 1. The molecule has 0 amide bonds. The Hall–Kier alpha value is -0.800. The van der Waals surface area contributed by atoms with Crippen LogP contribution < -0.4 is 5.73 Å². The van der Waals surface area contributed by atoms with Crippen molar-refractivity contribution >= 4 is 17.4 Å². The number of aromatic nitrogens is 1. The number of nitrogens with two attached hydrogens (primary N) is 1. The highest BCUT2D eigenvalue weighted by Gasteiger charge is 2.12. The van der Waals surface area contributed by atoms with E-state index in [9.17, 15) is 0 Å². The summed E-state index contributed by atoms with van der Waals surface area (Å²) >= 11 is 5.93. The van der Waals surface area contributed by atoms with Crippen LogP contribution >= 0.6 is 11.6 Å². The molecule has 0 atom stereocenters. The lowest BCUT2D eigenvalue weighted by atomic mass is 10.2. The van der Waals surface area contributed by atoms with Crippen molar-refractivity contribution in [2.45, 2.75) is 33.0 Å². The van der Waals surface area contributed by atoms with Crippen molar-refractivity contribution in [1.29, 1.82) is 0 Å². The first-order valence-electron chi connectivity index (χ1n) is 4.43. The fourth-order valence-corrected chi connectivity index (χ4v) is 1.05. The minimum atomic E-state index is -0.199.